The molecule has 16 heteroatoms. The predicted molar refractivity (Wildman–Crippen MR) is 158 cm³/mol. The summed E-state index contributed by atoms with van der Waals surface area (Å²) in [6, 6.07) is -3.11. The Bertz CT molecular complexity index is 985. The molecule has 0 aromatic rings. The number of carbonyl (C=O) groups is 1. The van der Waals surface area contributed by atoms with Crippen LogP contribution in [-0.2, 0) is 23.7 Å². The molecular formula is C28H53N7O9. The van der Waals surface area contributed by atoms with E-state index in [1.165, 1.54) is 6.92 Å². The zero-order valence-electron chi connectivity index (χ0n) is 25.6. The Balaban J connectivity index is 1.48. The van der Waals surface area contributed by atoms with Crippen molar-refractivity contribution in [2.45, 2.75) is 124 Å². The molecule has 4 rings (SSSR count). The third-order valence-corrected chi connectivity index (χ3v) is 8.95. The molecule has 0 unspecified atom stereocenters. The van der Waals surface area contributed by atoms with E-state index in [-0.39, 0.29) is 25.5 Å². The molecule has 0 radical (unpaired) electrons. The van der Waals surface area contributed by atoms with Crippen LogP contribution in [0, 0.1) is 0 Å². The van der Waals surface area contributed by atoms with E-state index in [0.29, 0.717) is 38.1 Å². The maximum atomic E-state index is 13.0. The van der Waals surface area contributed by atoms with E-state index >= 15 is 0 Å². The van der Waals surface area contributed by atoms with Gasteiger partial charge in [-0.3, -0.25) is 4.79 Å². The van der Waals surface area contributed by atoms with Gasteiger partial charge in [-0.1, -0.05) is 0 Å². The van der Waals surface area contributed by atoms with Gasteiger partial charge in [0.15, 0.2) is 6.29 Å². The van der Waals surface area contributed by atoms with Crippen molar-refractivity contribution in [1.82, 2.24) is 16.0 Å². The second-order valence-corrected chi connectivity index (χ2v) is 13.0. The number of ether oxygens (including phenoxy) is 4. The lowest BCUT2D eigenvalue weighted by Crippen LogP contribution is -2.69. The molecule has 0 aromatic carbocycles. The summed E-state index contributed by atoms with van der Waals surface area (Å²) in [5, 5.41) is 52.9. The second-order valence-electron chi connectivity index (χ2n) is 13.0. The fraction of sp³-hybridized carbons (Fsp3) is 0.893. The summed E-state index contributed by atoms with van der Waals surface area (Å²) in [5.74, 6) is 0.176. The van der Waals surface area contributed by atoms with Crippen molar-refractivity contribution < 1.29 is 44.2 Å². The van der Waals surface area contributed by atoms with E-state index in [2.05, 4.69) is 16.0 Å². The van der Waals surface area contributed by atoms with Crippen LogP contribution in [0.3, 0.4) is 0 Å². The third-order valence-electron chi connectivity index (χ3n) is 8.95. The largest absolute Gasteiger partial charge is 0.467 e. The number of aliphatic hydroxyl groups excluding tert-OH is 2. The zero-order chi connectivity index (χ0) is 32.2. The second kappa shape index (κ2) is 14.9. The predicted octanol–water partition coefficient (Wildman–Crippen LogP) is -4.47. The van der Waals surface area contributed by atoms with Crippen LogP contribution in [0.5, 0.6) is 0 Å². The summed E-state index contributed by atoms with van der Waals surface area (Å²) in [6.45, 7) is 3.10. The molecule has 0 aromatic heterocycles. The number of nitrogens with two attached hydrogens (primary N) is 4. The van der Waals surface area contributed by atoms with E-state index in [4.69, 9.17) is 41.9 Å². The van der Waals surface area contributed by atoms with Gasteiger partial charge in [-0.2, -0.15) is 0 Å². The van der Waals surface area contributed by atoms with Crippen LogP contribution in [0.25, 0.3) is 0 Å². The van der Waals surface area contributed by atoms with Crippen molar-refractivity contribution in [2.24, 2.45) is 22.9 Å². The summed E-state index contributed by atoms with van der Waals surface area (Å²) in [4.78, 5) is 13.0. The van der Waals surface area contributed by atoms with Crippen molar-refractivity contribution in [3.63, 3.8) is 0 Å². The standard InChI is InChI=1S/C28H53N7O9/c1-27(39)13-41-26(21(38)24(27)33-2)44-23-18(35-19(36)11-28(40)9-14(30)10-28)8-17(32)22(20(23)37)43-25-16(31)5-4-15(42-25)12-34-7-3-6-29/h4,14,16-18,20-26,33-34,37-40H,3,5-13,29-32H2,1-2H3,(H,35,36)/t14?,16-,17+,18-,20+,21-,22-,23+,24-,25-,26-,27+,28?/m1/s1. The maximum absolute atomic E-state index is 13.0. The first kappa shape index (κ1) is 35.3. The normalized spacial score (nSPS) is 44.3. The molecular weight excluding hydrogens is 578 g/mol. The molecule has 0 bridgehead atoms. The summed E-state index contributed by atoms with van der Waals surface area (Å²) in [6.07, 6.45) is -3.37. The number of hydrogen-bond acceptors (Lipinski definition) is 15. The van der Waals surface area contributed by atoms with Crippen LogP contribution in [0.4, 0.5) is 0 Å². The number of carbonyl (C=O) groups excluding carboxylic acids is 1. The molecule has 254 valence electrons. The average molecular weight is 632 g/mol. The topological polar surface area (TPSA) is 275 Å². The van der Waals surface area contributed by atoms with E-state index in [9.17, 15) is 25.2 Å². The van der Waals surface area contributed by atoms with Crippen LogP contribution >= 0.6 is 0 Å². The summed E-state index contributed by atoms with van der Waals surface area (Å²) >= 11 is 0. The van der Waals surface area contributed by atoms with Gasteiger partial charge >= 0.3 is 0 Å². The van der Waals surface area contributed by atoms with E-state index in [0.717, 1.165) is 13.0 Å². The van der Waals surface area contributed by atoms with Crippen LogP contribution < -0.4 is 38.9 Å². The third kappa shape index (κ3) is 8.44. The number of rotatable bonds is 13. The molecule has 15 N–H and O–H groups in total. The molecule has 2 heterocycles. The monoisotopic (exact) mass is 631 g/mol. The summed E-state index contributed by atoms with van der Waals surface area (Å²) in [5.41, 5.74) is 21.6. The van der Waals surface area contributed by atoms with Crippen molar-refractivity contribution in [2.75, 3.05) is 33.3 Å². The van der Waals surface area contributed by atoms with Crippen LogP contribution in [0.2, 0.25) is 0 Å². The highest BCUT2D eigenvalue weighted by Gasteiger charge is 2.52. The Morgan fingerprint density at radius 3 is 2.45 bits per heavy atom. The van der Waals surface area contributed by atoms with Gasteiger partial charge in [0.2, 0.25) is 12.2 Å². The fourth-order valence-electron chi connectivity index (χ4n) is 6.57. The lowest BCUT2D eigenvalue weighted by atomic mass is 9.74. The van der Waals surface area contributed by atoms with Gasteiger partial charge in [-0.05, 0) is 65.2 Å². The van der Waals surface area contributed by atoms with Crippen molar-refractivity contribution >= 4 is 5.91 Å². The molecule has 2 aliphatic heterocycles. The molecule has 44 heavy (non-hydrogen) atoms. The number of hydrogen-bond donors (Lipinski definition) is 11. The molecule has 0 spiro atoms. The smallest absolute Gasteiger partial charge is 0.223 e. The van der Waals surface area contributed by atoms with Gasteiger partial charge in [0, 0.05) is 12.1 Å². The minimum atomic E-state index is -1.41. The molecule has 1 amide bonds. The SMILES string of the molecule is CN[C@@H]1[C@@H](O)[C@@H](O[C@@H]2[C@@H](O)[C@H](O[C@H]3OC(CNCCCN)=CC[C@H]3N)[C@@H](N)C[C@H]2NC(=O)CC2(O)CC(N)C2)OC[C@]1(C)O. The van der Waals surface area contributed by atoms with Gasteiger partial charge in [0.25, 0.3) is 0 Å². The number of amides is 1. The molecule has 1 saturated heterocycles. The van der Waals surface area contributed by atoms with Gasteiger partial charge in [0.1, 0.15) is 35.8 Å². The highest BCUT2D eigenvalue weighted by molar-refractivity contribution is 5.77. The lowest BCUT2D eigenvalue weighted by Gasteiger charge is -2.49. The van der Waals surface area contributed by atoms with Crippen LogP contribution in [-0.4, -0.2) is 138 Å². The molecule has 11 atom stereocenters. The van der Waals surface area contributed by atoms with Crippen LogP contribution in [0.15, 0.2) is 11.8 Å². The first-order valence-corrected chi connectivity index (χ1v) is 15.5. The Kier molecular flexibility index (Phi) is 12.0. The zero-order valence-corrected chi connectivity index (χ0v) is 25.6. The highest BCUT2D eigenvalue weighted by Crippen LogP contribution is 2.35. The highest BCUT2D eigenvalue weighted by atomic mass is 16.7. The van der Waals surface area contributed by atoms with Crippen LogP contribution in [0.1, 0.15) is 45.4 Å². The quantitative estimate of drug-likeness (QED) is 0.0855. The molecule has 16 nitrogen and oxygen atoms in total. The van der Waals surface area contributed by atoms with E-state index in [1.807, 2.05) is 6.08 Å². The lowest BCUT2D eigenvalue weighted by molar-refractivity contribution is -0.304. The Morgan fingerprint density at radius 2 is 1.80 bits per heavy atom. The number of likely N-dealkylation sites (N-methyl/N-ethyl adjacent to an activating group) is 1. The summed E-state index contributed by atoms with van der Waals surface area (Å²) < 4.78 is 24.1. The number of nitrogens with one attached hydrogen (secondary N) is 3. The minimum Gasteiger partial charge on any atom is -0.467 e. The number of aliphatic hydroxyl groups is 4. The summed E-state index contributed by atoms with van der Waals surface area (Å²) in [7, 11) is 1.59. The van der Waals surface area contributed by atoms with Gasteiger partial charge in [-0.15, -0.1) is 0 Å². The first-order chi connectivity index (χ1) is 20.8. The Morgan fingerprint density at radius 1 is 1.09 bits per heavy atom. The Hall–Kier alpha value is -1.51. The Labute approximate surface area is 258 Å². The first-order valence-electron chi connectivity index (χ1n) is 15.5. The molecule has 4 aliphatic rings. The average Bonchev–Trinajstić information content (AvgIpc) is 2.93. The molecule has 2 saturated carbocycles. The van der Waals surface area contributed by atoms with Crippen molar-refractivity contribution in [3.05, 3.63) is 11.8 Å². The van der Waals surface area contributed by atoms with Gasteiger partial charge < -0.3 is 78.3 Å². The fourth-order valence-corrected chi connectivity index (χ4v) is 6.57. The minimum absolute atomic E-state index is 0.122. The molecule has 3 fully saturated rings. The maximum Gasteiger partial charge on any atom is 0.223 e. The van der Waals surface area contributed by atoms with Gasteiger partial charge in [0.05, 0.1) is 43.3 Å². The van der Waals surface area contributed by atoms with Gasteiger partial charge in [-0.25, -0.2) is 0 Å². The molecule has 2 aliphatic carbocycles. The van der Waals surface area contributed by atoms with E-state index in [1.54, 1.807) is 7.05 Å². The van der Waals surface area contributed by atoms with E-state index < -0.39 is 78.3 Å². The van der Waals surface area contributed by atoms with Crippen molar-refractivity contribution in [3.8, 4) is 0 Å². The van der Waals surface area contributed by atoms with Crippen molar-refractivity contribution in [1.29, 1.82) is 0 Å².